The molecule has 5 aromatic rings. The van der Waals surface area contributed by atoms with Gasteiger partial charge in [-0.15, -0.1) is 0 Å². The molecule has 6 heteroatoms. The van der Waals surface area contributed by atoms with Crippen LogP contribution in [0.3, 0.4) is 0 Å². The SMILES string of the molecule is N#CC(C#N)=C1c2cc(C(=O)c3ccccc3)ccc2-c2cc3c(cc21)C(=C(C#N)C#N)c1cc(C(=O)c2ccccc2)ccc1-3. The summed E-state index contributed by atoms with van der Waals surface area (Å²) in [5.74, 6) is -0.381. The van der Waals surface area contributed by atoms with Gasteiger partial charge in [-0.2, -0.15) is 21.0 Å². The summed E-state index contributed by atoms with van der Waals surface area (Å²) >= 11 is 0. The van der Waals surface area contributed by atoms with Crippen molar-refractivity contribution in [1.82, 2.24) is 0 Å². The minimum Gasteiger partial charge on any atom is -0.289 e. The molecule has 6 nitrogen and oxygen atoms in total. The normalized spacial score (nSPS) is 11.5. The second-order valence-corrected chi connectivity index (χ2v) is 10.8. The number of carbonyl (C=O) groups is 2. The predicted molar refractivity (Wildman–Crippen MR) is 172 cm³/mol. The first-order valence-electron chi connectivity index (χ1n) is 14.3. The standard InChI is InChI=1S/C40H18N4O2/c41-19-27(20-42)37-33-15-25(39(45)23-7-3-1-4-8-23)11-13-29(33)31-17-32-30-14-12-26(40(46)24-9-5-2-6-10-24)16-34(30)38(28(21-43)22-44)36(32)18-35(31)37/h1-18H. The van der Waals surface area contributed by atoms with Gasteiger partial charge in [0.15, 0.2) is 11.6 Å². The largest absolute Gasteiger partial charge is 0.289 e. The van der Waals surface area contributed by atoms with E-state index < -0.39 is 0 Å². The highest BCUT2D eigenvalue weighted by Crippen LogP contribution is 2.53. The van der Waals surface area contributed by atoms with Crippen molar-refractivity contribution >= 4 is 22.7 Å². The third-order valence-corrected chi connectivity index (χ3v) is 8.40. The van der Waals surface area contributed by atoms with E-state index in [1.165, 1.54) is 0 Å². The Hall–Kier alpha value is -7.12. The molecule has 0 saturated heterocycles. The quantitative estimate of drug-likeness (QED) is 0.153. The van der Waals surface area contributed by atoms with E-state index in [0.29, 0.717) is 55.7 Å². The summed E-state index contributed by atoms with van der Waals surface area (Å²) in [4.78, 5) is 26.7. The number of hydrogen-bond acceptors (Lipinski definition) is 6. The third kappa shape index (κ3) is 4.16. The van der Waals surface area contributed by atoms with E-state index in [-0.39, 0.29) is 22.7 Å². The summed E-state index contributed by atoms with van der Waals surface area (Å²) in [6, 6.07) is 40.0. The fraction of sp³-hybridized carbons (Fsp3) is 0. The molecule has 2 aliphatic rings. The molecular weight excluding hydrogens is 568 g/mol. The fourth-order valence-corrected chi connectivity index (χ4v) is 6.33. The van der Waals surface area contributed by atoms with Gasteiger partial charge in [0, 0.05) is 33.4 Å². The summed E-state index contributed by atoms with van der Waals surface area (Å²) in [7, 11) is 0. The van der Waals surface area contributed by atoms with Crippen LogP contribution in [0.25, 0.3) is 33.4 Å². The first-order valence-corrected chi connectivity index (χ1v) is 14.3. The lowest BCUT2D eigenvalue weighted by Crippen LogP contribution is -2.02. The van der Waals surface area contributed by atoms with Crippen molar-refractivity contribution in [1.29, 1.82) is 21.0 Å². The van der Waals surface area contributed by atoms with E-state index in [0.717, 1.165) is 22.3 Å². The molecule has 2 aliphatic carbocycles. The molecule has 0 saturated carbocycles. The van der Waals surface area contributed by atoms with Crippen LogP contribution in [-0.2, 0) is 0 Å². The Balaban J connectivity index is 1.45. The molecule has 0 aliphatic heterocycles. The summed E-state index contributed by atoms with van der Waals surface area (Å²) in [5, 5.41) is 40.0. The van der Waals surface area contributed by atoms with Crippen LogP contribution in [0.1, 0.15) is 54.1 Å². The zero-order chi connectivity index (χ0) is 31.9. The fourth-order valence-electron chi connectivity index (χ4n) is 6.33. The van der Waals surface area contributed by atoms with Gasteiger partial charge in [0.25, 0.3) is 0 Å². The molecule has 0 heterocycles. The lowest BCUT2D eigenvalue weighted by atomic mass is 9.92. The molecule has 0 spiro atoms. The Morgan fingerprint density at radius 2 is 0.717 bits per heavy atom. The molecule has 0 amide bonds. The monoisotopic (exact) mass is 586 g/mol. The molecule has 0 radical (unpaired) electrons. The van der Waals surface area contributed by atoms with Gasteiger partial charge in [-0.1, -0.05) is 84.9 Å². The maximum Gasteiger partial charge on any atom is 0.193 e. The maximum atomic E-state index is 13.3. The van der Waals surface area contributed by atoms with Gasteiger partial charge >= 0.3 is 0 Å². The topological polar surface area (TPSA) is 129 Å². The minimum absolute atomic E-state index is 0.123. The number of nitriles is 4. The highest BCUT2D eigenvalue weighted by Gasteiger charge is 2.34. The van der Waals surface area contributed by atoms with E-state index in [9.17, 15) is 30.6 Å². The molecule has 0 fully saturated rings. The number of benzene rings is 5. The summed E-state index contributed by atoms with van der Waals surface area (Å²) in [6.07, 6.45) is 0. The van der Waals surface area contributed by atoms with Gasteiger partial charge in [0.2, 0.25) is 0 Å². The Labute approximate surface area is 264 Å². The Bertz CT molecular complexity index is 2220. The zero-order valence-corrected chi connectivity index (χ0v) is 24.0. The van der Waals surface area contributed by atoms with Crippen molar-refractivity contribution < 1.29 is 9.59 Å². The maximum absolute atomic E-state index is 13.3. The van der Waals surface area contributed by atoms with Gasteiger partial charge in [-0.3, -0.25) is 9.59 Å². The van der Waals surface area contributed by atoms with Crippen LogP contribution < -0.4 is 0 Å². The van der Waals surface area contributed by atoms with Crippen molar-refractivity contribution in [3.63, 3.8) is 0 Å². The second-order valence-electron chi connectivity index (χ2n) is 10.8. The van der Waals surface area contributed by atoms with Crippen molar-refractivity contribution in [2.24, 2.45) is 0 Å². The molecule has 0 atom stereocenters. The van der Waals surface area contributed by atoms with Gasteiger partial charge in [-0.05, 0) is 68.8 Å². The molecule has 210 valence electrons. The van der Waals surface area contributed by atoms with E-state index in [1.54, 1.807) is 78.9 Å². The number of nitrogens with zero attached hydrogens (tertiary/aromatic N) is 4. The minimum atomic E-state index is -0.190. The average Bonchev–Trinajstić information content (AvgIpc) is 3.60. The van der Waals surface area contributed by atoms with Crippen LogP contribution >= 0.6 is 0 Å². The molecule has 0 unspecified atom stereocenters. The van der Waals surface area contributed by atoms with Crippen molar-refractivity contribution in [2.45, 2.75) is 0 Å². The van der Waals surface area contributed by atoms with Gasteiger partial charge in [0.1, 0.15) is 35.4 Å². The molecule has 0 N–H and O–H groups in total. The van der Waals surface area contributed by atoms with Crippen molar-refractivity contribution in [2.75, 3.05) is 0 Å². The lowest BCUT2D eigenvalue weighted by molar-refractivity contribution is 0.103. The Kier molecular flexibility index (Phi) is 6.54. The van der Waals surface area contributed by atoms with E-state index >= 15 is 0 Å². The van der Waals surface area contributed by atoms with E-state index in [4.69, 9.17) is 0 Å². The number of carbonyl (C=O) groups excluding carboxylic acids is 2. The van der Waals surface area contributed by atoms with E-state index in [1.807, 2.05) is 54.6 Å². The van der Waals surface area contributed by atoms with Crippen LogP contribution in [0.4, 0.5) is 0 Å². The zero-order valence-electron chi connectivity index (χ0n) is 24.0. The average molecular weight is 587 g/mol. The number of allylic oxidation sites excluding steroid dienone is 2. The number of fused-ring (bicyclic) bond motifs is 6. The summed E-state index contributed by atoms with van der Waals surface area (Å²) in [6.45, 7) is 0. The van der Waals surface area contributed by atoms with Gasteiger partial charge in [0.05, 0.1) is 0 Å². The van der Waals surface area contributed by atoms with Gasteiger partial charge < -0.3 is 0 Å². The highest BCUT2D eigenvalue weighted by molar-refractivity contribution is 6.15. The predicted octanol–water partition coefficient (Wildman–Crippen LogP) is 7.81. The first-order chi connectivity index (χ1) is 22.5. The number of ketones is 2. The van der Waals surface area contributed by atoms with Crippen molar-refractivity contribution in [3.8, 4) is 46.5 Å². The number of hydrogen-bond donors (Lipinski definition) is 0. The summed E-state index contributed by atoms with van der Waals surface area (Å²) in [5.41, 5.74) is 7.67. The first kappa shape index (κ1) is 27.7. The van der Waals surface area contributed by atoms with E-state index in [2.05, 4.69) is 0 Å². The molecule has 46 heavy (non-hydrogen) atoms. The van der Waals surface area contributed by atoms with Gasteiger partial charge in [-0.25, -0.2) is 0 Å². The molecule has 0 bridgehead atoms. The summed E-state index contributed by atoms with van der Waals surface area (Å²) < 4.78 is 0. The molecular formula is C40H18N4O2. The van der Waals surface area contributed by atoms with Crippen molar-refractivity contribution in [3.05, 3.63) is 165 Å². The van der Waals surface area contributed by atoms with Crippen LogP contribution in [0.5, 0.6) is 0 Å². The molecule has 5 aromatic carbocycles. The smallest absolute Gasteiger partial charge is 0.193 e. The number of rotatable bonds is 4. The highest BCUT2D eigenvalue weighted by atomic mass is 16.1. The second kappa shape index (κ2) is 10.9. The lowest BCUT2D eigenvalue weighted by Gasteiger charge is -2.08. The van der Waals surface area contributed by atoms with Crippen LogP contribution in [0, 0.1) is 45.3 Å². The third-order valence-electron chi connectivity index (χ3n) is 8.40. The Morgan fingerprint density at radius 3 is 1.09 bits per heavy atom. The van der Waals surface area contributed by atoms with Crippen LogP contribution in [0.15, 0.2) is 120 Å². The van der Waals surface area contributed by atoms with Crippen LogP contribution in [-0.4, -0.2) is 11.6 Å². The molecule has 0 aromatic heterocycles. The Morgan fingerprint density at radius 1 is 0.370 bits per heavy atom. The molecule has 7 rings (SSSR count). The van der Waals surface area contributed by atoms with Crippen LogP contribution in [0.2, 0.25) is 0 Å².